The molecule has 2 heterocycles. The van der Waals surface area contributed by atoms with E-state index in [9.17, 15) is 4.79 Å². The molecule has 1 aliphatic carbocycles. The average molecular weight is 366 g/mol. The van der Waals surface area contributed by atoms with Crippen LogP contribution in [0.2, 0.25) is 0 Å². The summed E-state index contributed by atoms with van der Waals surface area (Å²) in [5, 5.41) is 6.19. The van der Waals surface area contributed by atoms with E-state index in [1.807, 2.05) is 29.5 Å². The average Bonchev–Trinajstić information content (AvgIpc) is 3.07. The Kier molecular flexibility index (Phi) is 4.98. The SMILES string of the molecule is Cc1ccc2c(C(=O)NCCCc3nc4c(s3)CCCC4)nccc2c1. The topological polar surface area (TPSA) is 54.9 Å². The Morgan fingerprint density at radius 2 is 2.12 bits per heavy atom. The summed E-state index contributed by atoms with van der Waals surface area (Å²) in [7, 11) is 0. The number of aryl methyl sites for hydroxylation is 4. The molecule has 0 bridgehead atoms. The van der Waals surface area contributed by atoms with E-state index in [1.54, 1.807) is 6.20 Å². The molecule has 1 amide bonds. The quantitative estimate of drug-likeness (QED) is 0.688. The number of carbonyl (C=O) groups is 1. The lowest BCUT2D eigenvalue weighted by Crippen LogP contribution is -2.25. The standard InChI is InChI=1S/C21H23N3OS/c1-14-8-9-16-15(13-14)10-12-22-20(16)21(25)23-11-4-7-19-24-17-5-2-3-6-18(17)26-19/h8-10,12-13H,2-7,11H2,1H3,(H,23,25). The van der Waals surface area contributed by atoms with E-state index in [-0.39, 0.29) is 5.91 Å². The summed E-state index contributed by atoms with van der Waals surface area (Å²) < 4.78 is 0. The molecule has 0 saturated carbocycles. The lowest BCUT2D eigenvalue weighted by atomic mass is 10.0. The van der Waals surface area contributed by atoms with E-state index in [0.717, 1.165) is 30.0 Å². The number of benzene rings is 1. The van der Waals surface area contributed by atoms with Crippen molar-refractivity contribution in [3.8, 4) is 0 Å². The van der Waals surface area contributed by atoms with Gasteiger partial charge in [-0.2, -0.15) is 0 Å². The van der Waals surface area contributed by atoms with Gasteiger partial charge in [-0.05, 0) is 50.5 Å². The Morgan fingerprint density at radius 1 is 1.23 bits per heavy atom. The van der Waals surface area contributed by atoms with Gasteiger partial charge in [0, 0.05) is 29.4 Å². The highest BCUT2D eigenvalue weighted by Crippen LogP contribution is 2.27. The molecule has 0 fully saturated rings. The van der Waals surface area contributed by atoms with E-state index in [1.165, 1.54) is 40.4 Å². The molecular formula is C21H23N3OS. The van der Waals surface area contributed by atoms with E-state index < -0.39 is 0 Å². The van der Waals surface area contributed by atoms with Gasteiger partial charge in [-0.25, -0.2) is 4.98 Å². The third-order valence-electron chi connectivity index (χ3n) is 4.88. The van der Waals surface area contributed by atoms with Crippen LogP contribution in [0, 0.1) is 6.92 Å². The van der Waals surface area contributed by atoms with Gasteiger partial charge < -0.3 is 5.32 Å². The first kappa shape index (κ1) is 17.2. The Bertz CT molecular complexity index is 924. The Morgan fingerprint density at radius 3 is 3.00 bits per heavy atom. The maximum absolute atomic E-state index is 12.5. The molecule has 0 aliphatic heterocycles. The van der Waals surface area contributed by atoms with Crippen LogP contribution in [-0.4, -0.2) is 22.4 Å². The molecule has 1 N–H and O–H groups in total. The van der Waals surface area contributed by atoms with Crippen molar-refractivity contribution in [2.45, 2.75) is 45.4 Å². The van der Waals surface area contributed by atoms with Crippen LogP contribution < -0.4 is 5.32 Å². The highest BCUT2D eigenvalue weighted by atomic mass is 32.1. The minimum absolute atomic E-state index is 0.0992. The summed E-state index contributed by atoms with van der Waals surface area (Å²) in [6.07, 6.45) is 8.43. The van der Waals surface area contributed by atoms with E-state index >= 15 is 0 Å². The zero-order valence-corrected chi connectivity index (χ0v) is 15.9. The van der Waals surface area contributed by atoms with Gasteiger partial charge in [0.25, 0.3) is 5.91 Å². The predicted octanol–water partition coefficient (Wildman–Crippen LogP) is 4.24. The predicted molar refractivity (Wildman–Crippen MR) is 106 cm³/mol. The van der Waals surface area contributed by atoms with Crippen LogP contribution >= 0.6 is 11.3 Å². The van der Waals surface area contributed by atoms with Crippen LogP contribution in [0.4, 0.5) is 0 Å². The second-order valence-electron chi connectivity index (χ2n) is 6.93. The molecule has 134 valence electrons. The first-order valence-electron chi connectivity index (χ1n) is 9.32. The van der Waals surface area contributed by atoms with Crippen LogP contribution in [0.3, 0.4) is 0 Å². The number of pyridine rings is 1. The lowest BCUT2D eigenvalue weighted by Gasteiger charge is -2.07. The number of amides is 1. The van der Waals surface area contributed by atoms with Gasteiger partial charge >= 0.3 is 0 Å². The monoisotopic (exact) mass is 365 g/mol. The van der Waals surface area contributed by atoms with Gasteiger partial charge in [0.15, 0.2) is 0 Å². The molecule has 0 spiro atoms. The number of aromatic nitrogens is 2. The van der Waals surface area contributed by atoms with Crippen LogP contribution in [0.15, 0.2) is 30.5 Å². The molecule has 5 heteroatoms. The first-order chi connectivity index (χ1) is 12.7. The maximum atomic E-state index is 12.5. The molecule has 1 aromatic carbocycles. The fourth-order valence-corrected chi connectivity index (χ4v) is 4.71. The molecule has 1 aliphatic rings. The van der Waals surface area contributed by atoms with Crippen molar-refractivity contribution in [2.24, 2.45) is 0 Å². The van der Waals surface area contributed by atoms with Crippen LogP contribution in [-0.2, 0) is 19.3 Å². The smallest absolute Gasteiger partial charge is 0.270 e. The summed E-state index contributed by atoms with van der Waals surface area (Å²) in [5.41, 5.74) is 3.00. The minimum atomic E-state index is -0.0992. The largest absolute Gasteiger partial charge is 0.351 e. The molecule has 4 rings (SSSR count). The first-order valence-corrected chi connectivity index (χ1v) is 10.1. The molecule has 0 radical (unpaired) electrons. The van der Waals surface area contributed by atoms with Crippen molar-refractivity contribution in [3.63, 3.8) is 0 Å². The highest BCUT2D eigenvalue weighted by Gasteiger charge is 2.15. The van der Waals surface area contributed by atoms with E-state index in [4.69, 9.17) is 4.98 Å². The zero-order valence-electron chi connectivity index (χ0n) is 15.0. The fraction of sp³-hybridized carbons (Fsp3) is 0.381. The number of nitrogens with zero attached hydrogens (tertiary/aromatic N) is 2. The summed E-state index contributed by atoms with van der Waals surface area (Å²) in [6.45, 7) is 2.70. The zero-order chi connectivity index (χ0) is 17.9. The van der Waals surface area contributed by atoms with Gasteiger partial charge in [0.2, 0.25) is 0 Å². The number of thiazole rings is 1. The Labute approximate surface area is 157 Å². The van der Waals surface area contributed by atoms with Gasteiger partial charge in [0.1, 0.15) is 5.69 Å². The van der Waals surface area contributed by atoms with Crippen LogP contribution in [0.25, 0.3) is 10.8 Å². The third kappa shape index (κ3) is 3.63. The maximum Gasteiger partial charge on any atom is 0.270 e. The number of nitrogens with one attached hydrogen (secondary N) is 1. The van der Waals surface area contributed by atoms with E-state index in [0.29, 0.717) is 12.2 Å². The summed E-state index contributed by atoms with van der Waals surface area (Å²) >= 11 is 1.86. The fourth-order valence-electron chi connectivity index (χ4n) is 3.52. The number of fused-ring (bicyclic) bond motifs is 2. The van der Waals surface area contributed by atoms with Crippen molar-refractivity contribution < 1.29 is 4.79 Å². The van der Waals surface area contributed by atoms with Gasteiger partial charge in [-0.1, -0.05) is 23.8 Å². The van der Waals surface area contributed by atoms with Crippen LogP contribution in [0.1, 0.15) is 50.9 Å². The van der Waals surface area contributed by atoms with Gasteiger partial charge in [0.05, 0.1) is 10.7 Å². The number of carbonyl (C=O) groups excluding carboxylic acids is 1. The van der Waals surface area contributed by atoms with Crippen molar-refractivity contribution in [1.82, 2.24) is 15.3 Å². The number of hydrogen-bond donors (Lipinski definition) is 1. The van der Waals surface area contributed by atoms with Gasteiger partial charge in [-0.3, -0.25) is 9.78 Å². The summed E-state index contributed by atoms with van der Waals surface area (Å²) in [4.78, 5) is 23.1. The Balaban J connectivity index is 1.35. The number of rotatable bonds is 5. The highest BCUT2D eigenvalue weighted by molar-refractivity contribution is 7.11. The molecule has 2 aromatic heterocycles. The van der Waals surface area contributed by atoms with Crippen molar-refractivity contribution >= 4 is 28.0 Å². The normalized spacial score (nSPS) is 13.6. The number of hydrogen-bond acceptors (Lipinski definition) is 4. The van der Waals surface area contributed by atoms with Crippen LogP contribution in [0.5, 0.6) is 0 Å². The molecule has 4 nitrogen and oxygen atoms in total. The van der Waals surface area contributed by atoms with Gasteiger partial charge in [-0.15, -0.1) is 11.3 Å². The molecular weight excluding hydrogens is 342 g/mol. The summed E-state index contributed by atoms with van der Waals surface area (Å²) in [6, 6.07) is 8.03. The second kappa shape index (κ2) is 7.54. The lowest BCUT2D eigenvalue weighted by molar-refractivity contribution is 0.0950. The molecule has 0 atom stereocenters. The van der Waals surface area contributed by atoms with Crippen molar-refractivity contribution in [1.29, 1.82) is 0 Å². The minimum Gasteiger partial charge on any atom is -0.351 e. The van der Waals surface area contributed by atoms with Crippen molar-refractivity contribution in [3.05, 3.63) is 57.3 Å². The second-order valence-corrected chi connectivity index (χ2v) is 8.10. The Hall–Kier alpha value is -2.27. The molecule has 26 heavy (non-hydrogen) atoms. The molecule has 0 saturated heterocycles. The molecule has 0 unspecified atom stereocenters. The molecule has 3 aromatic rings. The van der Waals surface area contributed by atoms with E-state index in [2.05, 4.69) is 23.3 Å². The third-order valence-corrected chi connectivity index (χ3v) is 6.10. The summed E-state index contributed by atoms with van der Waals surface area (Å²) in [5.74, 6) is -0.0992. The van der Waals surface area contributed by atoms with Crippen molar-refractivity contribution in [2.75, 3.05) is 6.54 Å².